The Morgan fingerprint density at radius 2 is 1.65 bits per heavy atom. The molecule has 3 rings (SSSR count). The van der Waals surface area contributed by atoms with Gasteiger partial charge in [0, 0.05) is 12.6 Å². The summed E-state index contributed by atoms with van der Waals surface area (Å²) in [4.78, 5) is 2.76. The summed E-state index contributed by atoms with van der Waals surface area (Å²) in [5.41, 5.74) is 1.49. The molecule has 20 heavy (non-hydrogen) atoms. The molecule has 0 radical (unpaired) electrons. The topological polar surface area (TPSA) is 12.5 Å². The van der Waals surface area contributed by atoms with Crippen LogP contribution in [0.1, 0.15) is 56.4 Å². The fourth-order valence-corrected chi connectivity index (χ4v) is 3.89. The Morgan fingerprint density at radius 1 is 0.950 bits per heavy atom. The van der Waals surface area contributed by atoms with Crippen molar-refractivity contribution in [2.45, 2.75) is 56.9 Å². The SMILES string of the molecule is COc1ccc([C@H]2CCN(C3CCCCCC3)C2)cc1. The molecular weight excluding hydrogens is 246 g/mol. The van der Waals surface area contributed by atoms with Crippen LogP contribution in [0.5, 0.6) is 5.75 Å². The third-order valence-electron chi connectivity index (χ3n) is 5.15. The molecule has 2 nitrogen and oxygen atoms in total. The number of benzene rings is 1. The quantitative estimate of drug-likeness (QED) is 0.765. The van der Waals surface area contributed by atoms with E-state index in [-0.39, 0.29) is 0 Å². The minimum absolute atomic E-state index is 0.726. The minimum Gasteiger partial charge on any atom is -0.497 e. The highest BCUT2D eigenvalue weighted by atomic mass is 16.5. The van der Waals surface area contributed by atoms with Crippen molar-refractivity contribution in [2.24, 2.45) is 0 Å². The minimum atomic E-state index is 0.726. The van der Waals surface area contributed by atoms with Gasteiger partial charge >= 0.3 is 0 Å². The standard InChI is InChI=1S/C18H27NO/c1-20-18-10-8-15(9-11-18)16-12-13-19(14-16)17-6-4-2-3-5-7-17/h8-11,16-17H,2-7,12-14H2,1H3/t16-/m0/s1. The molecule has 1 saturated carbocycles. The van der Waals surface area contributed by atoms with Crippen LogP contribution in [0.15, 0.2) is 24.3 Å². The highest BCUT2D eigenvalue weighted by molar-refractivity contribution is 5.30. The fraction of sp³-hybridized carbons (Fsp3) is 0.667. The highest BCUT2D eigenvalue weighted by Crippen LogP contribution is 2.32. The normalized spacial score (nSPS) is 25.6. The van der Waals surface area contributed by atoms with Gasteiger partial charge in [-0.2, -0.15) is 0 Å². The Labute approximate surface area is 123 Å². The maximum Gasteiger partial charge on any atom is 0.118 e. The van der Waals surface area contributed by atoms with Gasteiger partial charge in [0.25, 0.3) is 0 Å². The molecule has 2 aliphatic rings. The average molecular weight is 273 g/mol. The van der Waals surface area contributed by atoms with Crippen molar-refractivity contribution in [3.63, 3.8) is 0 Å². The van der Waals surface area contributed by atoms with Gasteiger partial charge in [-0.05, 0) is 49.4 Å². The summed E-state index contributed by atoms with van der Waals surface area (Å²) >= 11 is 0. The van der Waals surface area contributed by atoms with E-state index >= 15 is 0 Å². The van der Waals surface area contributed by atoms with E-state index in [1.54, 1.807) is 7.11 Å². The highest BCUT2D eigenvalue weighted by Gasteiger charge is 2.29. The first-order chi connectivity index (χ1) is 9.86. The summed E-state index contributed by atoms with van der Waals surface area (Å²) in [6, 6.07) is 9.56. The van der Waals surface area contributed by atoms with Gasteiger partial charge in [0.05, 0.1) is 7.11 Å². The lowest BCUT2D eigenvalue weighted by Gasteiger charge is -2.26. The number of likely N-dealkylation sites (tertiary alicyclic amines) is 1. The van der Waals surface area contributed by atoms with Crippen molar-refractivity contribution in [3.8, 4) is 5.75 Å². The smallest absolute Gasteiger partial charge is 0.118 e. The third-order valence-corrected chi connectivity index (χ3v) is 5.15. The van der Waals surface area contributed by atoms with Crippen LogP contribution in [0.3, 0.4) is 0 Å². The van der Waals surface area contributed by atoms with Gasteiger partial charge < -0.3 is 4.74 Å². The second-order valence-corrected chi connectivity index (χ2v) is 6.40. The maximum absolute atomic E-state index is 5.25. The third kappa shape index (κ3) is 3.17. The molecule has 110 valence electrons. The molecule has 0 bridgehead atoms. The van der Waals surface area contributed by atoms with Crippen LogP contribution in [0.2, 0.25) is 0 Å². The van der Waals surface area contributed by atoms with Crippen molar-refractivity contribution in [1.29, 1.82) is 0 Å². The molecule has 0 spiro atoms. The van der Waals surface area contributed by atoms with Gasteiger partial charge in [-0.25, -0.2) is 0 Å². The van der Waals surface area contributed by atoms with E-state index < -0.39 is 0 Å². The molecule has 2 fully saturated rings. The zero-order chi connectivity index (χ0) is 13.8. The zero-order valence-electron chi connectivity index (χ0n) is 12.7. The maximum atomic E-state index is 5.25. The summed E-state index contributed by atoms with van der Waals surface area (Å²) in [5, 5.41) is 0. The summed E-state index contributed by atoms with van der Waals surface area (Å²) < 4.78 is 5.25. The van der Waals surface area contributed by atoms with Gasteiger partial charge in [0.15, 0.2) is 0 Å². The number of rotatable bonds is 3. The van der Waals surface area contributed by atoms with Crippen LogP contribution in [0, 0.1) is 0 Å². The molecule has 1 aliphatic heterocycles. The van der Waals surface area contributed by atoms with Crippen LogP contribution >= 0.6 is 0 Å². The van der Waals surface area contributed by atoms with Gasteiger partial charge in [-0.1, -0.05) is 37.8 Å². The first kappa shape index (κ1) is 13.9. The van der Waals surface area contributed by atoms with E-state index in [9.17, 15) is 0 Å². The van der Waals surface area contributed by atoms with E-state index in [4.69, 9.17) is 4.74 Å². The summed E-state index contributed by atoms with van der Waals surface area (Å²) in [7, 11) is 1.73. The predicted molar refractivity (Wildman–Crippen MR) is 83.4 cm³/mol. The van der Waals surface area contributed by atoms with Crippen molar-refractivity contribution in [1.82, 2.24) is 4.90 Å². The summed E-state index contributed by atoms with van der Waals surface area (Å²) in [6.07, 6.45) is 9.95. The first-order valence-electron chi connectivity index (χ1n) is 8.25. The first-order valence-corrected chi connectivity index (χ1v) is 8.25. The number of hydrogen-bond donors (Lipinski definition) is 0. The molecule has 0 unspecified atom stereocenters. The monoisotopic (exact) mass is 273 g/mol. The molecule has 0 aromatic heterocycles. The Kier molecular flexibility index (Phi) is 4.62. The number of hydrogen-bond acceptors (Lipinski definition) is 2. The Bertz CT molecular complexity index is 406. The number of ether oxygens (including phenoxy) is 1. The van der Waals surface area contributed by atoms with Crippen LogP contribution in [-0.2, 0) is 0 Å². The van der Waals surface area contributed by atoms with Gasteiger partial charge in [0.1, 0.15) is 5.75 Å². The van der Waals surface area contributed by atoms with E-state index in [0.29, 0.717) is 0 Å². The van der Waals surface area contributed by atoms with E-state index in [2.05, 4.69) is 29.2 Å². The van der Waals surface area contributed by atoms with Crippen LogP contribution in [-0.4, -0.2) is 31.1 Å². The van der Waals surface area contributed by atoms with Gasteiger partial charge in [0.2, 0.25) is 0 Å². The van der Waals surface area contributed by atoms with Crippen molar-refractivity contribution in [2.75, 3.05) is 20.2 Å². The second-order valence-electron chi connectivity index (χ2n) is 6.40. The molecule has 1 atom stereocenters. The molecule has 1 aromatic rings. The van der Waals surface area contributed by atoms with Crippen LogP contribution in [0.4, 0.5) is 0 Å². The van der Waals surface area contributed by atoms with Crippen LogP contribution in [0.25, 0.3) is 0 Å². The molecule has 1 aliphatic carbocycles. The lowest BCUT2D eigenvalue weighted by atomic mass is 9.98. The molecule has 1 saturated heterocycles. The lowest BCUT2D eigenvalue weighted by Crippen LogP contribution is -2.32. The number of methoxy groups -OCH3 is 1. The predicted octanol–water partition coefficient (Wildman–Crippen LogP) is 4.21. The molecule has 1 heterocycles. The summed E-state index contributed by atoms with van der Waals surface area (Å²) in [5.74, 6) is 1.69. The Hall–Kier alpha value is -1.02. The average Bonchev–Trinajstić information content (AvgIpc) is 2.83. The number of nitrogens with zero attached hydrogens (tertiary/aromatic N) is 1. The molecule has 0 amide bonds. The van der Waals surface area contributed by atoms with Crippen molar-refractivity contribution in [3.05, 3.63) is 29.8 Å². The molecule has 0 N–H and O–H groups in total. The summed E-state index contributed by atoms with van der Waals surface area (Å²) in [6.45, 7) is 2.55. The Morgan fingerprint density at radius 3 is 2.30 bits per heavy atom. The van der Waals surface area contributed by atoms with E-state index in [0.717, 1.165) is 17.7 Å². The molecule has 2 heteroatoms. The van der Waals surface area contributed by atoms with Crippen LogP contribution < -0.4 is 4.74 Å². The van der Waals surface area contributed by atoms with Gasteiger partial charge in [-0.3, -0.25) is 4.90 Å². The lowest BCUT2D eigenvalue weighted by molar-refractivity contribution is 0.218. The molecular formula is C18H27NO. The largest absolute Gasteiger partial charge is 0.497 e. The Balaban J connectivity index is 1.60. The molecule has 1 aromatic carbocycles. The van der Waals surface area contributed by atoms with Gasteiger partial charge in [-0.15, -0.1) is 0 Å². The van der Waals surface area contributed by atoms with E-state index in [1.165, 1.54) is 63.6 Å². The van der Waals surface area contributed by atoms with E-state index in [1.807, 2.05) is 0 Å². The van der Waals surface area contributed by atoms with Crippen molar-refractivity contribution >= 4 is 0 Å². The zero-order valence-corrected chi connectivity index (χ0v) is 12.7. The second kappa shape index (κ2) is 6.62. The fourth-order valence-electron chi connectivity index (χ4n) is 3.89. The van der Waals surface area contributed by atoms with Crippen molar-refractivity contribution < 1.29 is 4.74 Å².